The molecule has 0 N–H and O–H groups in total. The van der Waals surface area contributed by atoms with Crippen LogP contribution in [0.5, 0.6) is 5.75 Å². The lowest BCUT2D eigenvalue weighted by Gasteiger charge is -2.27. The molecule has 0 saturated carbocycles. The summed E-state index contributed by atoms with van der Waals surface area (Å²) in [5.74, 6) is 1.38. The number of hydrogen-bond donors (Lipinski definition) is 0. The average Bonchev–Trinajstić information content (AvgIpc) is 2.38. The third-order valence-electron chi connectivity index (χ3n) is 2.47. The van der Waals surface area contributed by atoms with E-state index in [1.165, 1.54) is 0 Å². The topological polar surface area (TPSA) is 43.8 Å². The van der Waals surface area contributed by atoms with E-state index in [2.05, 4.69) is 9.88 Å². The second kappa shape index (κ2) is 6.05. The molecular formula is C11H15ClN2O3. The van der Waals surface area contributed by atoms with Crippen molar-refractivity contribution in [2.75, 3.05) is 45.1 Å². The van der Waals surface area contributed by atoms with Gasteiger partial charge in [-0.1, -0.05) is 11.6 Å². The van der Waals surface area contributed by atoms with Crippen molar-refractivity contribution < 1.29 is 14.2 Å². The summed E-state index contributed by atoms with van der Waals surface area (Å²) in [4.78, 5) is 6.44. The van der Waals surface area contributed by atoms with E-state index in [1.54, 1.807) is 13.2 Å². The monoisotopic (exact) mass is 258 g/mol. The average molecular weight is 259 g/mol. The van der Waals surface area contributed by atoms with Gasteiger partial charge in [0.1, 0.15) is 5.82 Å². The molecule has 6 heteroatoms. The third kappa shape index (κ3) is 3.21. The number of halogens is 1. The van der Waals surface area contributed by atoms with Gasteiger partial charge >= 0.3 is 0 Å². The van der Waals surface area contributed by atoms with Crippen LogP contribution in [0.15, 0.2) is 12.1 Å². The molecule has 1 aromatic heterocycles. The maximum atomic E-state index is 6.03. The van der Waals surface area contributed by atoms with E-state index in [1.807, 2.05) is 6.07 Å². The summed E-state index contributed by atoms with van der Waals surface area (Å²) in [6.45, 7) is 3.28. The first kappa shape index (κ1) is 12.4. The second-order valence-corrected chi connectivity index (χ2v) is 3.97. The third-order valence-corrected chi connectivity index (χ3v) is 2.74. The predicted molar refractivity (Wildman–Crippen MR) is 64.8 cm³/mol. The Balaban J connectivity index is 2.06. The fourth-order valence-electron chi connectivity index (χ4n) is 1.61. The van der Waals surface area contributed by atoms with Crippen LogP contribution in [0.1, 0.15) is 0 Å². The summed E-state index contributed by atoms with van der Waals surface area (Å²) in [5.41, 5.74) is 0. The summed E-state index contributed by atoms with van der Waals surface area (Å²) < 4.78 is 15.4. The highest BCUT2D eigenvalue weighted by Crippen LogP contribution is 2.25. The lowest BCUT2D eigenvalue weighted by atomic mass is 10.3. The van der Waals surface area contributed by atoms with Crippen LogP contribution in [0.4, 0.5) is 5.82 Å². The normalized spacial score (nSPS) is 16.0. The minimum Gasteiger partial charge on any atom is -0.464 e. The molecule has 5 nitrogen and oxygen atoms in total. The number of hydrogen-bond acceptors (Lipinski definition) is 5. The van der Waals surface area contributed by atoms with Gasteiger partial charge in [-0.25, -0.2) is 4.98 Å². The van der Waals surface area contributed by atoms with E-state index in [0.29, 0.717) is 10.9 Å². The Morgan fingerprint density at radius 1 is 1.41 bits per heavy atom. The zero-order valence-corrected chi connectivity index (χ0v) is 10.4. The van der Waals surface area contributed by atoms with Gasteiger partial charge in [0.15, 0.2) is 17.7 Å². The number of morpholine rings is 1. The largest absolute Gasteiger partial charge is 0.464 e. The molecule has 0 unspecified atom stereocenters. The second-order valence-electron chi connectivity index (χ2n) is 3.61. The van der Waals surface area contributed by atoms with Crippen LogP contribution in [0, 0.1) is 0 Å². The Bertz CT molecular complexity index is 370. The first-order valence-corrected chi connectivity index (χ1v) is 5.80. The number of rotatable bonds is 4. The molecule has 1 aliphatic heterocycles. The zero-order chi connectivity index (χ0) is 12.1. The van der Waals surface area contributed by atoms with Crippen molar-refractivity contribution in [3.63, 3.8) is 0 Å². The van der Waals surface area contributed by atoms with Gasteiger partial charge in [0.05, 0.1) is 13.2 Å². The summed E-state index contributed by atoms with van der Waals surface area (Å²) in [6.07, 6.45) is 0. The molecule has 2 rings (SSSR count). The summed E-state index contributed by atoms with van der Waals surface area (Å²) in [5, 5.41) is 0.353. The maximum absolute atomic E-state index is 6.03. The molecule has 0 aromatic carbocycles. The van der Waals surface area contributed by atoms with Crippen molar-refractivity contribution >= 4 is 17.4 Å². The molecule has 0 aliphatic carbocycles. The van der Waals surface area contributed by atoms with Crippen molar-refractivity contribution in [3.05, 3.63) is 17.3 Å². The molecule has 0 spiro atoms. The molecule has 0 bridgehead atoms. The number of aromatic nitrogens is 1. The van der Waals surface area contributed by atoms with E-state index in [4.69, 9.17) is 25.8 Å². The fourth-order valence-corrected chi connectivity index (χ4v) is 1.81. The quantitative estimate of drug-likeness (QED) is 0.606. The molecule has 17 heavy (non-hydrogen) atoms. The number of ether oxygens (including phenoxy) is 3. The molecule has 1 aromatic rings. The van der Waals surface area contributed by atoms with Crippen molar-refractivity contribution in [3.8, 4) is 5.75 Å². The van der Waals surface area contributed by atoms with E-state index in [9.17, 15) is 0 Å². The summed E-state index contributed by atoms with van der Waals surface area (Å²) >= 11 is 6.03. The van der Waals surface area contributed by atoms with E-state index in [0.717, 1.165) is 32.1 Å². The van der Waals surface area contributed by atoms with Crippen LogP contribution in [0.25, 0.3) is 0 Å². The van der Waals surface area contributed by atoms with Gasteiger partial charge in [-0.3, -0.25) is 0 Å². The molecule has 2 heterocycles. The van der Waals surface area contributed by atoms with Crippen LogP contribution in [-0.2, 0) is 9.47 Å². The molecule has 1 saturated heterocycles. The molecule has 0 radical (unpaired) electrons. The van der Waals surface area contributed by atoms with Gasteiger partial charge in [-0.15, -0.1) is 0 Å². The van der Waals surface area contributed by atoms with Crippen LogP contribution in [-0.4, -0.2) is 45.2 Å². The Hall–Kier alpha value is -1.04. The lowest BCUT2D eigenvalue weighted by Crippen LogP contribution is -2.36. The van der Waals surface area contributed by atoms with Gasteiger partial charge in [-0.2, -0.15) is 0 Å². The Morgan fingerprint density at radius 3 is 2.82 bits per heavy atom. The molecule has 1 aliphatic rings. The first-order valence-electron chi connectivity index (χ1n) is 5.42. The van der Waals surface area contributed by atoms with Crippen molar-refractivity contribution in [2.45, 2.75) is 0 Å². The summed E-state index contributed by atoms with van der Waals surface area (Å²) in [6, 6.07) is 3.70. The van der Waals surface area contributed by atoms with Crippen LogP contribution >= 0.6 is 11.6 Å². The summed E-state index contributed by atoms with van der Waals surface area (Å²) in [7, 11) is 1.56. The Labute approximate surface area is 105 Å². The number of pyridine rings is 1. The molecule has 0 atom stereocenters. The highest BCUT2D eigenvalue weighted by Gasteiger charge is 2.14. The molecule has 94 valence electrons. The van der Waals surface area contributed by atoms with E-state index in [-0.39, 0.29) is 6.79 Å². The molecule has 1 fully saturated rings. The first-order chi connectivity index (χ1) is 8.31. The smallest absolute Gasteiger partial charge is 0.188 e. The van der Waals surface area contributed by atoms with Gasteiger partial charge in [0.25, 0.3) is 0 Å². The van der Waals surface area contributed by atoms with Crippen molar-refractivity contribution in [1.82, 2.24) is 4.98 Å². The minimum absolute atomic E-state index is 0.165. The van der Waals surface area contributed by atoms with Crippen molar-refractivity contribution in [1.29, 1.82) is 0 Å². The highest BCUT2D eigenvalue weighted by atomic mass is 35.5. The van der Waals surface area contributed by atoms with E-state index < -0.39 is 0 Å². The minimum atomic E-state index is 0.165. The lowest BCUT2D eigenvalue weighted by molar-refractivity contribution is 0.0509. The zero-order valence-electron chi connectivity index (χ0n) is 9.69. The Morgan fingerprint density at radius 2 is 2.18 bits per heavy atom. The predicted octanol–water partition coefficient (Wildman–Crippen LogP) is 1.55. The van der Waals surface area contributed by atoms with Gasteiger partial charge in [0.2, 0.25) is 0 Å². The standard InChI is InChI=1S/C11H15ClN2O3/c1-15-8-17-9-2-3-10(13-11(9)12)14-4-6-16-7-5-14/h2-3H,4-8H2,1H3. The van der Waals surface area contributed by atoms with E-state index >= 15 is 0 Å². The number of anilines is 1. The van der Waals surface area contributed by atoms with Crippen LogP contribution in [0.2, 0.25) is 5.15 Å². The fraction of sp³-hybridized carbons (Fsp3) is 0.545. The van der Waals surface area contributed by atoms with Gasteiger partial charge in [-0.05, 0) is 12.1 Å². The van der Waals surface area contributed by atoms with Gasteiger partial charge < -0.3 is 19.1 Å². The number of methoxy groups -OCH3 is 1. The number of nitrogens with zero attached hydrogens (tertiary/aromatic N) is 2. The Kier molecular flexibility index (Phi) is 4.42. The molecule has 0 amide bonds. The SMILES string of the molecule is COCOc1ccc(N2CCOCC2)nc1Cl. The maximum Gasteiger partial charge on any atom is 0.188 e. The van der Waals surface area contributed by atoms with Gasteiger partial charge in [0, 0.05) is 20.2 Å². The van der Waals surface area contributed by atoms with Crippen molar-refractivity contribution in [2.24, 2.45) is 0 Å². The highest BCUT2D eigenvalue weighted by molar-refractivity contribution is 6.30. The van der Waals surface area contributed by atoms with Crippen LogP contribution < -0.4 is 9.64 Å². The van der Waals surface area contributed by atoms with Crippen LogP contribution in [0.3, 0.4) is 0 Å². The molecular weight excluding hydrogens is 244 g/mol.